The van der Waals surface area contributed by atoms with Crippen LogP contribution >= 0.6 is 0 Å². The lowest BCUT2D eigenvalue weighted by atomic mass is 9.97. The Hall–Kier alpha value is -3.22. The number of carbonyl (C=O) groups excluding carboxylic acids is 1. The van der Waals surface area contributed by atoms with Gasteiger partial charge in [-0.1, -0.05) is 67.6 Å². The summed E-state index contributed by atoms with van der Waals surface area (Å²) in [4.78, 5) is 15.0. The summed E-state index contributed by atoms with van der Waals surface area (Å²) in [5.74, 6) is -0.0872. The molecule has 0 radical (unpaired) electrons. The highest BCUT2D eigenvalue weighted by Gasteiger charge is 2.21. The van der Waals surface area contributed by atoms with E-state index in [1.54, 1.807) is 43.3 Å². The molecule has 0 saturated heterocycles. The Morgan fingerprint density at radius 1 is 0.903 bits per heavy atom. The van der Waals surface area contributed by atoms with Gasteiger partial charge in [0.05, 0.1) is 4.90 Å². The molecule has 1 amide bonds. The monoisotopic (exact) mass is 432 g/mol. The van der Waals surface area contributed by atoms with Gasteiger partial charge in [0, 0.05) is 25.7 Å². The molecule has 0 aliphatic carbocycles. The summed E-state index contributed by atoms with van der Waals surface area (Å²) in [6, 6.07) is 22.8. The molecule has 0 aromatic heterocycles. The van der Waals surface area contributed by atoms with Crippen LogP contribution in [-0.4, -0.2) is 25.8 Å². The van der Waals surface area contributed by atoms with E-state index in [-0.39, 0.29) is 10.8 Å². The summed E-state index contributed by atoms with van der Waals surface area (Å²) in [6.07, 6.45) is 3.26. The highest BCUT2D eigenvalue weighted by molar-refractivity contribution is 7.89. The second kappa shape index (κ2) is 8.88. The van der Waals surface area contributed by atoms with Gasteiger partial charge < -0.3 is 4.90 Å². The van der Waals surface area contributed by atoms with Crippen LogP contribution in [0.1, 0.15) is 23.6 Å². The minimum Gasteiger partial charge on any atom is -0.330 e. The van der Waals surface area contributed by atoms with E-state index in [4.69, 9.17) is 0 Å². The summed E-state index contributed by atoms with van der Waals surface area (Å²) in [6.45, 7) is 3.14. The van der Waals surface area contributed by atoms with Crippen molar-refractivity contribution in [2.24, 2.45) is 0 Å². The van der Waals surface area contributed by atoms with Gasteiger partial charge in [-0.05, 0) is 46.0 Å². The summed E-state index contributed by atoms with van der Waals surface area (Å²) < 4.78 is 26.6. The maximum absolute atomic E-state index is 13.0. The second-order valence-electron chi connectivity index (χ2n) is 7.41. The average molecular weight is 433 g/mol. The Morgan fingerprint density at radius 3 is 2.00 bits per heavy atom. The standard InChI is InChI=1S/C25H24N2O3S/c1-2-26-31(29,30)22-14-11-19(12-15-22)13-16-25(28)27-17-20-7-3-5-9-23(20)24-10-6-4-8-21(24)18-27/h3-16,26H,2,17-18H2,1H3/b16-13+. The number of hydrogen-bond acceptors (Lipinski definition) is 3. The number of amides is 1. The van der Waals surface area contributed by atoms with Crippen LogP contribution in [0.5, 0.6) is 0 Å². The molecule has 1 aliphatic rings. The van der Waals surface area contributed by atoms with Crippen LogP contribution in [0, 0.1) is 0 Å². The average Bonchev–Trinajstić information content (AvgIpc) is 2.95. The summed E-state index contributed by atoms with van der Waals surface area (Å²) in [7, 11) is -3.49. The molecule has 1 heterocycles. The largest absolute Gasteiger partial charge is 0.330 e. The van der Waals surface area contributed by atoms with E-state index >= 15 is 0 Å². The third-order valence-corrected chi connectivity index (χ3v) is 6.86. The quantitative estimate of drug-likeness (QED) is 0.614. The molecule has 6 heteroatoms. The van der Waals surface area contributed by atoms with Crippen molar-refractivity contribution in [1.82, 2.24) is 9.62 Å². The van der Waals surface area contributed by atoms with Crippen LogP contribution in [0.4, 0.5) is 0 Å². The van der Waals surface area contributed by atoms with Gasteiger partial charge in [0.15, 0.2) is 0 Å². The fourth-order valence-electron chi connectivity index (χ4n) is 3.77. The third-order valence-electron chi connectivity index (χ3n) is 5.30. The second-order valence-corrected chi connectivity index (χ2v) is 9.18. The van der Waals surface area contributed by atoms with E-state index in [1.165, 1.54) is 0 Å². The van der Waals surface area contributed by atoms with Gasteiger partial charge >= 0.3 is 0 Å². The van der Waals surface area contributed by atoms with E-state index < -0.39 is 10.0 Å². The third kappa shape index (κ3) is 4.60. The van der Waals surface area contributed by atoms with Crippen molar-refractivity contribution in [3.63, 3.8) is 0 Å². The molecular weight excluding hydrogens is 408 g/mol. The van der Waals surface area contributed by atoms with Crippen LogP contribution in [0.25, 0.3) is 17.2 Å². The summed E-state index contributed by atoms with van der Waals surface area (Å²) in [5, 5.41) is 0. The number of benzene rings is 3. The van der Waals surface area contributed by atoms with Crippen LogP contribution in [0.2, 0.25) is 0 Å². The smallest absolute Gasteiger partial charge is 0.247 e. The van der Waals surface area contributed by atoms with Gasteiger partial charge in [0.1, 0.15) is 0 Å². The number of hydrogen-bond donors (Lipinski definition) is 1. The molecular formula is C25H24N2O3S. The maximum atomic E-state index is 13.0. The minimum absolute atomic E-state index is 0.0872. The molecule has 0 bridgehead atoms. The fourth-order valence-corrected chi connectivity index (χ4v) is 4.81. The number of fused-ring (bicyclic) bond motifs is 3. The van der Waals surface area contributed by atoms with Crippen LogP contribution in [-0.2, 0) is 27.9 Å². The molecule has 158 valence electrons. The Labute approximate surface area is 183 Å². The molecule has 31 heavy (non-hydrogen) atoms. The van der Waals surface area contributed by atoms with Crippen molar-refractivity contribution >= 4 is 22.0 Å². The van der Waals surface area contributed by atoms with Crippen molar-refractivity contribution in [2.45, 2.75) is 24.9 Å². The van der Waals surface area contributed by atoms with Crippen LogP contribution in [0.15, 0.2) is 83.8 Å². The Balaban J connectivity index is 1.55. The molecule has 0 fully saturated rings. The molecule has 0 atom stereocenters. The van der Waals surface area contributed by atoms with E-state index in [0.29, 0.717) is 19.6 Å². The predicted octanol–water partition coefficient (Wildman–Crippen LogP) is 4.21. The van der Waals surface area contributed by atoms with Gasteiger partial charge in [-0.15, -0.1) is 0 Å². The van der Waals surface area contributed by atoms with E-state index in [2.05, 4.69) is 29.0 Å². The van der Waals surface area contributed by atoms with Crippen molar-refractivity contribution in [2.75, 3.05) is 6.54 Å². The highest BCUT2D eigenvalue weighted by atomic mass is 32.2. The van der Waals surface area contributed by atoms with Gasteiger partial charge in [-0.25, -0.2) is 13.1 Å². The van der Waals surface area contributed by atoms with Gasteiger partial charge in [0.25, 0.3) is 0 Å². The Morgan fingerprint density at radius 2 is 1.45 bits per heavy atom. The molecule has 3 aromatic carbocycles. The first-order chi connectivity index (χ1) is 15.0. The van der Waals surface area contributed by atoms with Crippen molar-refractivity contribution < 1.29 is 13.2 Å². The Kier molecular flexibility index (Phi) is 6.02. The zero-order valence-electron chi connectivity index (χ0n) is 17.3. The molecule has 4 rings (SSSR count). The zero-order valence-corrected chi connectivity index (χ0v) is 18.1. The number of nitrogens with zero attached hydrogens (tertiary/aromatic N) is 1. The SMILES string of the molecule is CCNS(=O)(=O)c1ccc(/C=C/C(=O)N2Cc3ccccc3-c3ccccc3C2)cc1. The normalized spacial score (nSPS) is 13.5. The number of carbonyl (C=O) groups is 1. The molecule has 5 nitrogen and oxygen atoms in total. The number of rotatable bonds is 5. The predicted molar refractivity (Wildman–Crippen MR) is 122 cm³/mol. The Bertz CT molecular complexity index is 1180. The van der Waals surface area contributed by atoms with Crippen LogP contribution < -0.4 is 4.72 Å². The van der Waals surface area contributed by atoms with E-state index in [1.807, 2.05) is 29.2 Å². The first-order valence-corrected chi connectivity index (χ1v) is 11.7. The van der Waals surface area contributed by atoms with Crippen molar-refractivity contribution in [3.05, 3.63) is 95.6 Å². The van der Waals surface area contributed by atoms with Gasteiger partial charge in [-0.3, -0.25) is 4.79 Å². The lowest BCUT2D eigenvalue weighted by Crippen LogP contribution is -2.27. The fraction of sp³-hybridized carbons (Fsp3) is 0.160. The maximum Gasteiger partial charge on any atom is 0.247 e. The van der Waals surface area contributed by atoms with Gasteiger partial charge in [-0.2, -0.15) is 0 Å². The van der Waals surface area contributed by atoms with Crippen LogP contribution in [0.3, 0.4) is 0 Å². The van der Waals surface area contributed by atoms with Crippen molar-refractivity contribution in [1.29, 1.82) is 0 Å². The number of sulfonamides is 1. The molecule has 1 aliphatic heterocycles. The zero-order chi connectivity index (χ0) is 21.8. The van der Waals surface area contributed by atoms with Gasteiger partial charge in [0.2, 0.25) is 15.9 Å². The van der Waals surface area contributed by atoms with Crippen molar-refractivity contribution in [3.8, 4) is 11.1 Å². The minimum atomic E-state index is -3.49. The molecule has 0 spiro atoms. The summed E-state index contributed by atoms with van der Waals surface area (Å²) in [5.41, 5.74) is 5.32. The lowest BCUT2D eigenvalue weighted by Gasteiger charge is -2.19. The van der Waals surface area contributed by atoms with E-state index in [9.17, 15) is 13.2 Å². The summed E-state index contributed by atoms with van der Waals surface area (Å²) >= 11 is 0. The molecule has 0 saturated carbocycles. The molecule has 3 aromatic rings. The lowest BCUT2D eigenvalue weighted by molar-refractivity contribution is -0.127. The first-order valence-electron chi connectivity index (χ1n) is 10.2. The topological polar surface area (TPSA) is 66.5 Å². The molecule has 1 N–H and O–H groups in total. The number of nitrogens with one attached hydrogen (secondary N) is 1. The van der Waals surface area contributed by atoms with E-state index in [0.717, 1.165) is 27.8 Å². The highest BCUT2D eigenvalue weighted by Crippen LogP contribution is 2.32. The first kappa shape index (κ1) is 21.0. The molecule has 0 unspecified atom stereocenters.